The Balaban J connectivity index is 1.67. The van der Waals surface area contributed by atoms with Crippen molar-refractivity contribution < 1.29 is 13.2 Å². The third-order valence-electron chi connectivity index (χ3n) is 4.61. The van der Waals surface area contributed by atoms with Gasteiger partial charge in [-0.15, -0.1) is 0 Å². The Morgan fingerprint density at radius 3 is 2.12 bits per heavy atom. The van der Waals surface area contributed by atoms with Crippen molar-refractivity contribution in [2.45, 2.75) is 37.1 Å². The summed E-state index contributed by atoms with van der Waals surface area (Å²) in [6.45, 7) is 1.78. The smallest absolute Gasteiger partial charge is 0.253 e. The van der Waals surface area contributed by atoms with Gasteiger partial charge in [0.05, 0.1) is 4.90 Å². The second-order valence-electron chi connectivity index (χ2n) is 6.54. The molecule has 1 aliphatic rings. The summed E-state index contributed by atoms with van der Waals surface area (Å²) in [5.74, 6) is -0.0203. The van der Waals surface area contributed by atoms with Crippen LogP contribution in [0.4, 0.5) is 0 Å². The van der Waals surface area contributed by atoms with Crippen LogP contribution in [0.5, 0.6) is 0 Å². The molecule has 0 radical (unpaired) electrons. The zero-order valence-electron chi connectivity index (χ0n) is 14.7. The van der Waals surface area contributed by atoms with E-state index in [0.29, 0.717) is 5.56 Å². The van der Waals surface area contributed by atoms with E-state index in [1.165, 1.54) is 12.1 Å². The fraction of sp³-hybridized carbons (Fsp3) is 0.350. The van der Waals surface area contributed by atoms with Crippen LogP contribution in [-0.2, 0) is 16.6 Å². The number of likely N-dealkylation sites (tertiary alicyclic amines) is 1. The van der Waals surface area contributed by atoms with Crippen LogP contribution in [0.1, 0.15) is 41.6 Å². The van der Waals surface area contributed by atoms with Crippen LogP contribution < -0.4 is 4.72 Å². The van der Waals surface area contributed by atoms with Crippen molar-refractivity contribution in [3.63, 3.8) is 0 Å². The lowest BCUT2D eigenvalue weighted by Gasteiger charge is -2.20. The van der Waals surface area contributed by atoms with Gasteiger partial charge in [-0.2, -0.15) is 0 Å². The largest absolute Gasteiger partial charge is 0.339 e. The number of amides is 1. The topological polar surface area (TPSA) is 66.5 Å². The summed E-state index contributed by atoms with van der Waals surface area (Å²) in [4.78, 5) is 14.6. The van der Waals surface area contributed by atoms with E-state index in [4.69, 9.17) is 0 Å². The van der Waals surface area contributed by atoms with Crippen LogP contribution in [0.2, 0.25) is 0 Å². The normalized spacial score (nSPS) is 15.5. The Labute approximate surface area is 155 Å². The van der Waals surface area contributed by atoms with Crippen molar-refractivity contribution in [2.24, 2.45) is 0 Å². The predicted octanol–water partition coefficient (Wildman–Crippen LogP) is 3.18. The average molecular weight is 372 g/mol. The first-order valence-corrected chi connectivity index (χ1v) is 10.5. The van der Waals surface area contributed by atoms with E-state index in [1.807, 2.05) is 35.2 Å². The van der Waals surface area contributed by atoms with Gasteiger partial charge in [0.25, 0.3) is 5.91 Å². The minimum atomic E-state index is -3.61. The molecule has 0 saturated carbocycles. The summed E-state index contributed by atoms with van der Waals surface area (Å²) in [6.07, 6.45) is 4.38. The molecule has 2 aromatic carbocycles. The number of sulfonamides is 1. The number of carbonyl (C=O) groups excluding carboxylic acids is 1. The first-order chi connectivity index (χ1) is 12.6. The standard InChI is InChI=1S/C20H24N2O3S/c23-20(22-14-6-1-2-7-15-22)18-10-12-19(13-11-18)26(24,25)21-16-17-8-4-3-5-9-17/h3-5,8-13,21H,1-2,6-7,14-16H2. The van der Waals surface area contributed by atoms with Gasteiger partial charge in [0.15, 0.2) is 0 Å². The van der Waals surface area contributed by atoms with Crippen LogP contribution in [0.25, 0.3) is 0 Å². The highest BCUT2D eigenvalue weighted by molar-refractivity contribution is 7.89. The van der Waals surface area contributed by atoms with Gasteiger partial charge in [0.1, 0.15) is 0 Å². The van der Waals surface area contributed by atoms with E-state index < -0.39 is 10.0 Å². The molecule has 0 aromatic heterocycles. The molecule has 1 fully saturated rings. The highest BCUT2D eigenvalue weighted by Gasteiger charge is 2.19. The highest BCUT2D eigenvalue weighted by Crippen LogP contribution is 2.16. The molecule has 0 aliphatic carbocycles. The van der Waals surface area contributed by atoms with Crippen LogP contribution in [-0.4, -0.2) is 32.3 Å². The molecule has 26 heavy (non-hydrogen) atoms. The minimum Gasteiger partial charge on any atom is -0.339 e. The Morgan fingerprint density at radius 2 is 1.50 bits per heavy atom. The Bertz CT molecular complexity index is 825. The molecule has 0 unspecified atom stereocenters. The number of nitrogens with zero attached hydrogens (tertiary/aromatic N) is 1. The number of rotatable bonds is 5. The Morgan fingerprint density at radius 1 is 0.885 bits per heavy atom. The summed E-state index contributed by atoms with van der Waals surface area (Å²) >= 11 is 0. The number of benzene rings is 2. The number of hydrogen-bond acceptors (Lipinski definition) is 3. The molecule has 1 amide bonds. The summed E-state index contributed by atoms with van der Waals surface area (Å²) in [7, 11) is -3.61. The fourth-order valence-electron chi connectivity index (χ4n) is 3.09. The second-order valence-corrected chi connectivity index (χ2v) is 8.31. The van der Waals surface area contributed by atoms with Crippen LogP contribution >= 0.6 is 0 Å². The molecule has 1 heterocycles. The van der Waals surface area contributed by atoms with Gasteiger partial charge in [0.2, 0.25) is 10.0 Å². The maximum absolute atomic E-state index is 12.6. The zero-order chi connectivity index (χ0) is 18.4. The quantitative estimate of drug-likeness (QED) is 0.877. The molecule has 0 atom stereocenters. The maximum atomic E-state index is 12.6. The molecule has 6 heteroatoms. The SMILES string of the molecule is O=C(c1ccc(S(=O)(=O)NCc2ccccc2)cc1)N1CCCCCC1. The summed E-state index contributed by atoms with van der Waals surface area (Å²) in [6, 6.07) is 15.6. The summed E-state index contributed by atoms with van der Waals surface area (Å²) in [5.41, 5.74) is 1.43. The maximum Gasteiger partial charge on any atom is 0.253 e. The molecule has 138 valence electrons. The first-order valence-electron chi connectivity index (χ1n) is 8.99. The third-order valence-corrected chi connectivity index (χ3v) is 6.03. The van der Waals surface area contributed by atoms with Crippen molar-refractivity contribution in [1.82, 2.24) is 9.62 Å². The second kappa shape index (κ2) is 8.47. The summed E-state index contributed by atoms with van der Waals surface area (Å²) in [5, 5.41) is 0. The number of carbonyl (C=O) groups is 1. The van der Waals surface area contributed by atoms with Gasteiger partial charge in [0, 0.05) is 25.2 Å². The van der Waals surface area contributed by atoms with Crippen molar-refractivity contribution in [3.05, 3.63) is 65.7 Å². The van der Waals surface area contributed by atoms with E-state index >= 15 is 0 Å². The van der Waals surface area contributed by atoms with Crippen LogP contribution in [0.3, 0.4) is 0 Å². The van der Waals surface area contributed by atoms with E-state index in [2.05, 4.69) is 4.72 Å². The minimum absolute atomic E-state index is 0.0203. The van der Waals surface area contributed by atoms with Crippen molar-refractivity contribution in [3.8, 4) is 0 Å². The van der Waals surface area contributed by atoms with E-state index in [0.717, 1.165) is 44.3 Å². The zero-order valence-corrected chi connectivity index (χ0v) is 15.5. The molecule has 0 bridgehead atoms. The molecule has 0 spiro atoms. The van der Waals surface area contributed by atoms with Crippen molar-refractivity contribution in [1.29, 1.82) is 0 Å². The number of nitrogens with one attached hydrogen (secondary N) is 1. The third kappa shape index (κ3) is 4.71. The van der Waals surface area contributed by atoms with Gasteiger partial charge in [-0.05, 0) is 42.7 Å². The Hall–Kier alpha value is -2.18. The van der Waals surface area contributed by atoms with Crippen LogP contribution in [0, 0.1) is 0 Å². The van der Waals surface area contributed by atoms with Gasteiger partial charge >= 0.3 is 0 Å². The molecular formula is C20H24N2O3S. The number of hydrogen-bond donors (Lipinski definition) is 1. The fourth-order valence-corrected chi connectivity index (χ4v) is 4.11. The molecule has 1 saturated heterocycles. The predicted molar refractivity (Wildman–Crippen MR) is 101 cm³/mol. The molecular weight excluding hydrogens is 348 g/mol. The monoisotopic (exact) mass is 372 g/mol. The lowest BCUT2D eigenvalue weighted by atomic mass is 10.2. The molecule has 5 nitrogen and oxygen atoms in total. The van der Waals surface area contributed by atoms with Gasteiger partial charge in [-0.1, -0.05) is 43.2 Å². The first kappa shape index (κ1) is 18.6. The Kier molecular flexibility index (Phi) is 6.06. The van der Waals surface area contributed by atoms with Crippen molar-refractivity contribution in [2.75, 3.05) is 13.1 Å². The lowest BCUT2D eigenvalue weighted by Crippen LogP contribution is -2.31. The van der Waals surface area contributed by atoms with Gasteiger partial charge < -0.3 is 4.90 Å². The van der Waals surface area contributed by atoms with E-state index in [-0.39, 0.29) is 17.3 Å². The lowest BCUT2D eigenvalue weighted by molar-refractivity contribution is 0.0761. The van der Waals surface area contributed by atoms with Crippen LogP contribution in [0.15, 0.2) is 59.5 Å². The summed E-state index contributed by atoms with van der Waals surface area (Å²) < 4.78 is 27.4. The molecule has 1 aliphatic heterocycles. The average Bonchev–Trinajstić information content (AvgIpc) is 2.96. The van der Waals surface area contributed by atoms with Gasteiger partial charge in [-0.25, -0.2) is 13.1 Å². The van der Waals surface area contributed by atoms with E-state index in [9.17, 15) is 13.2 Å². The van der Waals surface area contributed by atoms with Gasteiger partial charge in [-0.3, -0.25) is 4.79 Å². The highest BCUT2D eigenvalue weighted by atomic mass is 32.2. The molecule has 1 N–H and O–H groups in total. The molecule has 3 rings (SSSR count). The van der Waals surface area contributed by atoms with Crippen molar-refractivity contribution >= 4 is 15.9 Å². The molecule has 2 aromatic rings. The van der Waals surface area contributed by atoms with E-state index in [1.54, 1.807) is 12.1 Å².